The van der Waals surface area contributed by atoms with Gasteiger partial charge in [-0.25, -0.2) is 8.42 Å². The first-order valence-electron chi connectivity index (χ1n) is 7.29. The maximum atomic E-state index is 12.5. The Balaban J connectivity index is 1.88. The van der Waals surface area contributed by atoms with E-state index in [4.69, 9.17) is 0 Å². The molecule has 0 bridgehead atoms. The van der Waals surface area contributed by atoms with Crippen molar-refractivity contribution in [2.24, 2.45) is 0 Å². The number of thiophene rings is 1. The third kappa shape index (κ3) is 3.46. The van der Waals surface area contributed by atoms with Crippen molar-refractivity contribution in [3.63, 3.8) is 0 Å². The minimum atomic E-state index is -3.57. The fourth-order valence-electron chi connectivity index (χ4n) is 2.27. The Labute approximate surface area is 139 Å². The van der Waals surface area contributed by atoms with Crippen LogP contribution in [0.2, 0.25) is 0 Å². The molecule has 0 spiro atoms. The van der Waals surface area contributed by atoms with Gasteiger partial charge in [0.1, 0.15) is 4.21 Å². The summed E-state index contributed by atoms with van der Waals surface area (Å²) in [7, 11) is -3.57. The molecule has 120 valence electrons. The van der Waals surface area contributed by atoms with Crippen molar-refractivity contribution in [1.82, 2.24) is 9.78 Å². The van der Waals surface area contributed by atoms with Gasteiger partial charge in [0.2, 0.25) is 0 Å². The van der Waals surface area contributed by atoms with Crippen LogP contribution in [0.3, 0.4) is 0 Å². The van der Waals surface area contributed by atoms with Crippen molar-refractivity contribution in [2.75, 3.05) is 4.72 Å². The third-order valence-electron chi connectivity index (χ3n) is 3.31. The van der Waals surface area contributed by atoms with Gasteiger partial charge in [-0.3, -0.25) is 9.40 Å². The summed E-state index contributed by atoms with van der Waals surface area (Å²) in [5, 5.41) is 6.13. The summed E-state index contributed by atoms with van der Waals surface area (Å²) in [5.41, 5.74) is 2.36. The van der Waals surface area contributed by atoms with E-state index >= 15 is 0 Å². The van der Waals surface area contributed by atoms with Crippen LogP contribution in [0.25, 0.3) is 11.3 Å². The zero-order valence-electron chi connectivity index (χ0n) is 12.6. The van der Waals surface area contributed by atoms with Crippen molar-refractivity contribution in [3.05, 3.63) is 54.0 Å². The lowest BCUT2D eigenvalue weighted by Crippen LogP contribution is -2.11. The lowest BCUT2D eigenvalue weighted by molar-refractivity contribution is 0.603. The lowest BCUT2D eigenvalue weighted by Gasteiger charge is -2.05. The van der Waals surface area contributed by atoms with E-state index in [1.807, 2.05) is 22.2 Å². The van der Waals surface area contributed by atoms with E-state index in [-0.39, 0.29) is 0 Å². The average Bonchev–Trinajstić information content (AvgIpc) is 3.17. The van der Waals surface area contributed by atoms with Gasteiger partial charge >= 0.3 is 0 Å². The summed E-state index contributed by atoms with van der Waals surface area (Å²) < 4.78 is 29.7. The summed E-state index contributed by atoms with van der Waals surface area (Å²) in [6.45, 7) is 2.89. The zero-order valence-corrected chi connectivity index (χ0v) is 14.3. The predicted molar refractivity (Wildman–Crippen MR) is 93.1 cm³/mol. The molecule has 3 rings (SSSR count). The van der Waals surface area contributed by atoms with Crippen LogP contribution < -0.4 is 4.72 Å². The molecule has 5 nitrogen and oxygen atoms in total. The van der Waals surface area contributed by atoms with Crippen molar-refractivity contribution in [1.29, 1.82) is 0 Å². The van der Waals surface area contributed by atoms with Crippen molar-refractivity contribution in [2.45, 2.75) is 24.1 Å². The Bertz CT molecular complexity index is 883. The van der Waals surface area contributed by atoms with E-state index in [1.54, 1.807) is 36.5 Å². The second-order valence-corrected chi connectivity index (χ2v) is 7.89. The van der Waals surface area contributed by atoms with Crippen LogP contribution in [0.4, 0.5) is 5.69 Å². The smallest absolute Gasteiger partial charge is 0.271 e. The number of hydrogen-bond donors (Lipinski definition) is 1. The lowest BCUT2D eigenvalue weighted by atomic mass is 10.2. The highest BCUT2D eigenvalue weighted by Crippen LogP contribution is 2.29. The molecule has 0 saturated heterocycles. The zero-order chi connectivity index (χ0) is 16.3. The van der Waals surface area contributed by atoms with Crippen LogP contribution >= 0.6 is 11.3 Å². The molecule has 3 aromatic rings. The molecule has 23 heavy (non-hydrogen) atoms. The first-order chi connectivity index (χ1) is 11.1. The number of anilines is 1. The Morgan fingerprint density at radius 2 is 2.00 bits per heavy atom. The Hall–Kier alpha value is -2.12. The van der Waals surface area contributed by atoms with Crippen LogP contribution in [0.5, 0.6) is 0 Å². The van der Waals surface area contributed by atoms with Gasteiger partial charge in [0, 0.05) is 29.4 Å². The topological polar surface area (TPSA) is 64.0 Å². The standard InChI is InChI=1S/C16H17N3O2S2/c1-2-10-19-15(8-9-17-19)13-11-16(22-12-13)23(20,21)18-14-6-4-3-5-7-14/h3-9,11-12,18H,2,10H2,1H3. The van der Waals surface area contributed by atoms with E-state index in [0.717, 1.165) is 24.2 Å². The number of rotatable bonds is 6. The molecule has 0 aliphatic rings. The first-order valence-corrected chi connectivity index (χ1v) is 9.65. The monoisotopic (exact) mass is 347 g/mol. The second kappa shape index (κ2) is 6.55. The molecule has 0 aliphatic carbocycles. The van der Waals surface area contributed by atoms with E-state index in [1.165, 1.54) is 11.3 Å². The second-order valence-electron chi connectivity index (χ2n) is 5.07. The van der Waals surface area contributed by atoms with Gasteiger partial charge < -0.3 is 0 Å². The fraction of sp³-hybridized carbons (Fsp3) is 0.188. The molecule has 1 N–H and O–H groups in total. The third-order valence-corrected chi connectivity index (χ3v) is 6.13. The molecule has 0 aliphatic heterocycles. The van der Waals surface area contributed by atoms with E-state index in [9.17, 15) is 8.42 Å². The SMILES string of the molecule is CCCn1nccc1-c1csc(S(=O)(=O)Nc2ccccc2)c1. The highest BCUT2D eigenvalue weighted by molar-refractivity contribution is 7.94. The van der Waals surface area contributed by atoms with E-state index < -0.39 is 10.0 Å². The van der Waals surface area contributed by atoms with Gasteiger partial charge in [0.25, 0.3) is 10.0 Å². The van der Waals surface area contributed by atoms with Crippen LogP contribution in [0.1, 0.15) is 13.3 Å². The van der Waals surface area contributed by atoms with Crippen LogP contribution in [-0.4, -0.2) is 18.2 Å². The van der Waals surface area contributed by atoms with Gasteiger partial charge in [0.05, 0.1) is 5.69 Å². The Morgan fingerprint density at radius 3 is 2.74 bits per heavy atom. The molecule has 1 aromatic carbocycles. The molecular formula is C16H17N3O2S2. The van der Waals surface area contributed by atoms with Crippen LogP contribution in [0, 0.1) is 0 Å². The number of para-hydroxylation sites is 1. The summed E-state index contributed by atoms with van der Waals surface area (Å²) in [6, 6.07) is 12.5. The molecule has 0 atom stereocenters. The molecule has 2 aromatic heterocycles. The van der Waals surface area contributed by atoms with Crippen molar-refractivity contribution >= 4 is 27.0 Å². The Morgan fingerprint density at radius 1 is 1.22 bits per heavy atom. The number of nitrogens with one attached hydrogen (secondary N) is 1. The van der Waals surface area contributed by atoms with E-state index in [0.29, 0.717) is 9.90 Å². The van der Waals surface area contributed by atoms with Gasteiger partial charge in [-0.2, -0.15) is 5.10 Å². The largest absolute Gasteiger partial charge is 0.279 e. The summed E-state index contributed by atoms with van der Waals surface area (Å²) in [5.74, 6) is 0. The normalized spacial score (nSPS) is 11.5. The summed E-state index contributed by atoms with van der Waals surface area (Å²) in [6.07, 6.45) is 2.71. The van der Waals surface area contributed by atoms with E-state index in [2.05, 4.69) is 16.7 Å². The maximum absolute atomic E-state index is 12.5. The quantitative estimate of drug-likeness (QED) is 0.737. The Kier molecular flexibility index (Phi) is 4.49. The van der Waals surface area contributed by atoms with Gasteiger partial charge in [-0.1, -0.05) is 25.1 Å². The summed E-state index contributed by atoms with van der Waals surface area (Å²) in [4.78, 5) is 0. The maximum Gasteiger partial charge on any atom is 0.271 e. The number of nitrogens with zero attached hydrogens (tertiary/aromatic N) is 2. The number of hydrogen-bond acceptors (Lipinski definition) is 4. The molecule has 7 heteroatoms. The number of aromatic nitrogens is 2. The number of sulfonamides is 1. The first kappa shape index (κ1) is 15.8. The van der Waals surface area contributed by atoms with Crippen LogP contribution in [0.15, 0.2) is 58.3 Å². The van der Waals surface area contributed by atoms with Crippen molar-refractivity contribution in [3.8, 4) is 11.3 Å². The van der Waals surface area contributed by atoms with Gasteiger partial charge in [-0.05, 0) is 30.7 Å². The molecule has 0 radical (unpaired) electrons. The molecule has 2 heterocycles. The van der Waals surface area contributed by atoms with Gasteiger partial charge in [0.15, 0.2) is 0 Å². The van der Waals surface area contributed by atoms with Gasteiger partial charge in [-0.15, -0.1) is 11.3 Å². The molecular weight excluding hydrogens is 330 g/mol. The molecule has 0 fully saturated rings. The fourth-order valence-corrected chi connectivity index (χ4v) is 4.50. The number of aryl methyl sites for hydroxylation is 1. The van der Waals surface area contributed by atoms with Crippen LogP contribution in [-0.2, 0) is 16.6 Å². The molecule has 0 unspecified atom stereocenters. The minimum absolute atomic E-state index is 0.292. The minimum Gasteiger partial charge on any atom is -0.279 e. The molecule has 0 amide bonds. The summed E-state index contributed by atoms with van der Waals surface area (Å²) >= 11 is 1.21. The average molecular weight is 347 g/mol. The number of benzene rings is 1. The predicted octanol–water partition coefficient (Wildman–Crippen LogP) is 3.82. The van der Waals surface area contributed by atoms with Crippen molar-refractivity contribution < 1.29 is 8.42 Å². The molecule has 0 saturated carbocycles. The highest BCUT2D eigenvalue weighted by atomic mass is 32.2. The highest BCUT2D eigenvalue weighted by Gasteiger charge is 2.18.